The molecular weight excluding hydrogens is 736 g/mol. The number of hydrogen-bond acceptors (Lipinski definition) is 16. The van der Waals surface area contributed by atoms with Crippen molar-refractivity contribution in [2.45, 2.75) is 100 Å². The molecule has 4 amide bonds. The van der Waals surface area contributed by atoms with E-state index in [0.29, 0.717) is 32.5 Å². The number of aromatic amines is 1. The first-order valence-corrected chi connectivity index (χ1v) is 17.6. The number of primary amides is 1. The number of nitrogens with zero attached hydrogens (tertiary/aromatic N) is 1. The number of rotatable bonds is 18. The molecule has 22 nitrogen and oxygen atoms in total. The second kappa shape index (κ2) is 20.3. The van der Waals surface area contributed by atoms with Crippen molar-refractivity contribution in [1.82, 2.24) is 25.5 Å². The van der Waals surface area contributed by atoms with E-state index in [2.05, 4.69) is 16.0 Å². The zero-order chi connectivity index (χ0) is 40.2. The van der Waals surface area contributed by atoms with E-state index in [1.807, 2.05) is 11.9 Å². The van der Waals surface area contributed by atoms with Crippen LogP contribution in [0.2, 0.25) is 0 Å². The van der Waals surface area contributed by atoms with Gasteiger partial charge in [-0.3, -0.25) is 38.3 Å². The maximum absolute atomic E-state index is 13.2. The smallest absolute Gasteiger partial charge is 0.330 e. The summed E-state index contributed by atoms with van der Waals surface area (Å²) >= 11 is 0. The molecule has 22 heteroatoms. The largest absolute Gasteiger partial charge is 0.456 e. The zero-order valence-corrected chi connectivity index (χ0v) is 30.5. The number of H-pyrrole nitrogens is 1. The normalized spacial score (nSPS) is 28.5. The highest BCUT2D eigenvalue weighted by atomic mass is 16.7. The van der Waals surface area contributed by atoms with Gasteiger partial charge in [-0.25, -0.2) is 4.79 Å². The molecule has 2 fully saturated rings. The van der Waals surface area contributed by atoms with Gasteiger partial charge in [-0.1, -0.05) is 0 Å². The number of aliphatic hydroxyl groups excluding tert-OH is 2. The SMILES string of the molecule is COCCOCCNC(=O)CCC(=O)O[C@@H]1[C@H](OC)[C@@H]([C@@H](O[C@H]2OC(C(=O)NC3CCC[C@@H](C)NC3=O)=C[C@H](O)[C@@H]2O)C(N)=O)O[C@H]1n1ccc(=O)[nH]c1=O. The van der Waals surface area contributed by atoms with E-state index in [1.165, 1.54) is 7.11 Å². The average molecular weight is 785 g/mol. The van der Waals surface area contributed by atoms with Crippen molar-refractivity contribution in [3.8, 4) is 0 Å². The highest BCUT2D eigenvalue weighted by Crippen LogP contribution is 2.36. The summed E-state index contributed by atoms with van der Waals surface area (Å²) in [6.07, 6.45) is -10.9. The minimum absolute atomic E-state index is 0.103. The molecule has 1 aromatic heterocycles. The first kappa shape index (κ1) is 43.0. The first-order valence-electron chi connectivity index (χ1n) is 17.6. The van der Waals surface area contributed by atoms with Crippen LogP contribution in [0.1, 0.15) is 45.3 Å². The van der Waals surface area contributed by atoms with Crippen molar-refractivity contribution in [2.24, 2.45) is 5.73 Å². The molecule has 55 heavy (non-hydrogen) atoms. The molecular formula is C33H48N6O16. The fraction of sp³-hybridized carbons (Fsp3) is 0.667. The minimum atomic E-state index is -1.94. The van der Waals surface area contributed by atoms with Gasteiger partial charge in [0.25, 0.3) is 11.5 Å². The predicted octanol–water partition coefficient (Wildman–Crippen LogP) is -4.07. The third-order valence-corrected chi connectivity index (χ3v) is 8.86. The van der Waals surface area contributed by atoms with Gasteiger partial charge in [0, 0.05) is 45.5 Å². The molecule has 0 radical (unpaired) electrons. The third-order valence-electron chi connectivity index (χ3n) is 8.86. The molecule has 0 aromatic carbocycles. The van der Waals surface area contributed by atoms with Gasteiger partial charge in [-0.05, 0) is 32.3 Å². The van der Waals surface area contributed by atoms with Crippen LogP contribution in [0, 0.1) is 0 Å². The number of carbonyl (C=O) groups is 5. The van der Waals surface area contributed by atoms with Crippen LogP contribution in [0.4, 0.5) is 0 Å². The summed E-state index contributed by atoms with van der Waals surface area (Å²) in [5, 5.41) is 29.3. The van der Waals surface area contributed by atoms with Gasteiger partial charge in [0.05, 0.1) is 26.2 Å². The van der Waals surface area contributed by atoms with Crippen LogP contribution in [-0.2, 0) is 57.1 Å². The van der Waals surface area contributed by atoms with Crippen LogP contribution in [0.3, 0.4) is 0 Å². The number of carbonyl (C=O) groups excluding carboxylic acids is 5. The number of hydrogen-bond donors (Lipinski definition) is 7. The third kappa shape index (κ3) is 11.6. The zero-order valence-electron chi connectivity index (χ0n) is 30.5. The Labute approximate surface area is 313 Å². The van der Waals surface area contributed by atoms with Crippen molar-refractivity contribution in [1.29, 1.82) is 0 Å². The number of methoxy groups -OCH3 is 2. The molecule has 3 aliphatic rings. The lowest BCUT2D eigenvalue weighted by Gasteiger charge is -2.35. The summed E-state index contributed by atoms with van der Waals surface area (Å²) in [7, 11) is 2.68. The molecule has 10 atom stereocenters. The molecule has 1 unspecified atom stereocenters. The number of aromatic nitrogens is 2. The van der Waals surface area contributed by atoms with Crippen molar-refractivity contribution in [3.63, 3.8) is 0 Å². The van der Waals surface area contributed by atoms with Crippen molar-refractivity contribution < 1.29 is 67.3 Å². The number of esters is 1. The van der Waals surface area contributed by atoms with Crippen LogP contribution >= 0.6 is 0 Å². The van der Waals surface area contributed by atoms with Crippen LogP contribution in [0.15, 0.2) is 33.7 Å². The molecule has 4 rings (SSSR count). The predicted molar refractivity (Wildman–Crippen MR) is 183 cm³/mol. The van der Waals surface area contributed by atoms with E-state index < -0.39 is 108 Å². The fourth-order valence-corrected chi connectivity index (χ4v) is 6.05. The summed E-state index contributed by atoms with van der Waals surface area (Å²) < 4.78 is 39.5. The van der Waals surface area contributed by atoms with Crippen LogP contribution < -0.4 is 32.9 Å². The van der Waals surface area contributed by atoms with Crippen LogP contribution in [0.25, 0.3) is 0 Å². The highest BCUT2D eigenvalue weighted by molar-refractivity contribution is 5.95. The summed E-state index contributed by atoms with van der Waals surface area (Å²) in [6, 6.07) is -0.0462. The molecule has 2 saturated heterocycles. The monoisotopic (exact) mass is 784 g/mol. The molecule has 0 saturated carbocycles. The summed E-state index contributed by atoms with van der Waals surface area (Å²) in [6.45, 7) is 2.91. The Kier molecular flexibility index (Phi) is 15.9. The van der Waals surface area contributed by atoms with Gasteiger partial charge in [-0.2, -0.15) is 0 Å². The van der Waals surface area contributed by atoms with E-state index in [0.717, 1.165) is 30.0 Å². The van der Waals surface area contributed by atoms with Crippen molar-refractivity contribution in [2.75, 3.05) is 40.6 Å². The number of aliphatic hydroxyl groups is 2. The van der Waals surface area contributed by atoms with Crippen LogP contribution in [0.5, 0.6) is 0 Å². The van der Waals surface area contributed by atoms with Gasteiger partial charge in [-0.15, -0.1) is 0 Å². The van der Waals surface area contributed by atoms with Gasteiger partial charge >= 0.3 is 11.7 Å². The number of ether oxygens (including phenoxy) is 7. The lowest BCUT2D eigenvalue weighted by molar-refractivity contribution is -0.241. The lowest BCUT2D eigenvalue weighted by Crippen LogP contribution is -2.54. The lowest BCUT2D eigenvalue weighted by atomic mass is 10.0. The fourth-order valence-electron chi connectivity index (χ4n) is 6.05. The number of amides is 4. The Hall–Kier alpha value is -4.71. The average Bonchev–Trinajstić information content (AvgIpc) is 3.39. The summed E-state index contributed by atoms with van der Waals surface area (Å²) in [5.74, 6) is -4.55. The Morgan fingerprint density at radius 2 is 1.84 bits per heavy atom. The molecule has 306 valence electrons. The van der Waals surface area contributed by atoms with Gasteiger partial charge < -0.3 is 65.1 Å². The topological polar surface area (TPSA) is 307 Å². The van der Waals surface area contributed by atoms with E-state index in [4.69, 9.17) is 38.9 Å². The molecule has 0 bridgehead atoms. The van der Waals surface area contributed by atoms with E-state index in [9.17, 15) is 43.8 Å². The number of nitrogens with one attached hydrogen (secondary N) is 4. The summed E-state index contributed by atoms with van der Waals surface area (Å²) in [5.41, 5.74) is 3.95. The second-order valence-corrected chi connectivity index (χ2v) is 12.9. The van der Waals surface area contributed by atoms with Crippen molar-refractivity contribution >= 4 is 29.6 Å². The van der Waals surface area contributed by atoms with E-state index in [-0.39, 0.29) is 25.6 Å². The molecule has 4 heterocycles. The Morgan fingerprint density at radius 3 is 2.53 bits per heavy atom. The highest BCUT2D eigenvalue weighted by Gasteiger charge is 2.55. The molecule has 1 aromatic rings. The molecule has 3 aliphatic heterocycles. The molecule has 0 spiro atoms. The standard InChI is InChI=1S/C33H48N6O16/c1-16-5-4-6-17(29(46)36-16)37-30(47)19-15-18(40)23(44)32(52-19)55-26(28(34)45)25-24(50-3)27(31(54-25)39-11-9-21(42)38-33(39)48)53-22(43)8-7-20(41)35-10-12-51-14-13-49-2/h9,11,15-18,23-27,31-32,40,44H,4-8,10,12-14H2,1-3H3,(H2,34,45)(H,35,41)(H,36,46)(H,37,47)(H,38,42,48)/t16-,17?,18+,23+,24-,25+,26-,27-,31-,32-/m1/s1. The quantitative estimate of drug-likeness (QED) is 0.0550. The number of nitrogens with two attached hydrogens (primary N) is 1. The van der Waals surface area contributed by atoms with E-state index in [1.54, 1.807) is 0 Å². The molecule has 8 N–H and O–H groups in total. The molecule has 0 aliphatic carbocycles. The Bertz CT molecular complexity index is 1670. The minimum Gasteiger partial charge on any atom is -0.456 e. The maximum atomic E-state index is 13.2. The van der Waals surface area contributed by atoms with Crippen LogP contribution in [-0.4, -0.2) is 145 Å². The maximum Gasteiger partial charge on any atom is 0.330 e. The Morgan fingerprint density at radius 1 is 1.07 bits per heavy atom. The van der Waals surface area contributed by atoms with E-state index >= 15 is 0 Å². The summed E-state index contributed by atoms with van der Waals surface area (Å²) in [4.78, 5) is 90.8. The first-order chi connectivity index (χ1) is 26.2. The van der Waals surface area contributed by atoms with Gasteiger partial charge in [0.2, 0.25) is 24.0 Å². The second-order valence-electron chi connectivity index (χ2n) is 12.9. The Balaban J connectivity index is 1.50. The van der Waals surface area contributed by atoms with Gasteiger partial charge in [0.1, 0.15) is 30.5 Å². The van der Waals surface area contributed by atoms with Gasteiger partial charge in [0.15, 0.2) is 24.2 Å². The van der Waals surface area contributed by atoms with Crippen molar-refractivity contribution in [3.05, 3.63) is 44.9 Å².